The minimum Gasteiger partial charge on any atom is -0.354 e. The molecule has 2 aromatic carbocycles. The molecule has 2 rings (SSSR count). The zero-order valence-electron chi connectivity index (χ0n) is 9.31. The second kappa shape index (κ2) is 4.99. The van der Waals surface area contributed by atoms with E-state index in [9.17, 15) is 4.39 Å². The molecule has 0 unspecified atom stereocenters. The van der Waals surface area contributed by atoms with Gasteiger partial charge in [-0.05, 0) is 30.3 Å². The van der Waals surface area contributed by atoms with Gasteiger partial charge in [-0.25, -0.2) is 4.39 Å². The van der Waals surface area contributed by atoms with Crippen molar-refractivity contribution < 1.29 is 4.39 Å². The lowest BCUT2D eigenvalue weighted by Gasteiger charge is -2.08. The molecule has 0 radical (unpaired) electrons. The Balaban J connectivity index is 2.36. The zero-order valence-corrected chi connectivity index (χ0v) is 9.31. The molecule has 0 bridgehead atoms. The van der Waals surface area contributed by atoms with E-state index in [1.807, 2.05) is 0 Å². The molecule has 0 amide bonds. The standard InChI is InChI=1S/C14H8FN3/c15-13-6-5-12(7-11(13)9-17)18-14-4-2-1-3-10(14)8-16/h1-7,18H. The monoisotopic (exact) mass is 237 g/mol. The Bertz CT molecular complexity index is 665. The number of hydrogen-bond acceptors (Lipinski definition) is 3. The normalized spacial score (nSPS) is 9.28. The summed E-state index contributed by atoms with van der Waals surface area (Å²) in [6.07, 6.45) is 0. The fourth-order valence-corrected chi connectivity index (χ4v) is 1.53. The second-order valence-electron chi connectivity index (χ2n) is 3.59. The highest BCUT2D eigenvalue weighted by molar-refractivity contribution is 5.67. The summed E-state index contributed by atoms with van der Waals surface area (Å²) in [5.41, 5.74) is 1.64. The highest BCUT2D eigenvalue weighted by Gasteiger charge is 2.05. The van der Waals surface area contributed by atoms with Gasteiger partial charge in [-0.2, -0.15) is 10.5 Å². The highest BCUT2D eigenvalue weighted by atomic mass is 19.1. The van der Waals surface area contributed by atoms with Crippen molar-refractivity contribution in [1.29, 1.82) is 10.5 Å². The van der Waals surface area contributed by atoms with Gasteiger partial charge in [0.1, 0.15) is 18.0 Å². The molecule has 0 aromatic heterocycles. The van der Waals surface area contributed by atoms with Crippen LogP contribution in [0.15, 0.2) is 42.5 Å². The van der Waals surface area contributed by atoms with E-state index >= 15 is 0 Å². The number of halogens is 1. The summed E-state index contributed by atoms with van der Waals surface area (Å²) in [5, 5.41) is 20.7. The number of anilines is 2. The van der Waals surface area contributed by atoms with Gasteiger partial charge in [-0.1, -0.05) is 12.1 Å². The summed E-state index contributed by atoms with van der Waals surface area (Å²) < 4.78 is 13.2. The summed E-state index contributed by atoms with van der Waals surface area (Å²) in [7, 11) is 0. The Morgan fingerprint density at radius 2 is 1.67 bits per heavy atom. The van der Waals surface area contributed by atoms with Crippen molar-refractivity contribution in [2.75, 3.05) is 5.32 Å². The molecule has 0 atom stereocenters. The molecule has 0 heterocycles. The second-order valence-corrected chi connectivity index (χ2v) is 3.59. The Labute approximate surface area is 104 Å². The van der Waals surface area contributed by atoms with Gasteiger partial charge in [0.2, 0.25) is 0 Å². The highest BCUT2D eigenvalue weighted by Crippen LogP contribution is 2.21. The molecular weight excluding hydrogens is 229 g/mol. The van der Waals surface area contributed by atoms with Crippen LogP contribution in [-0.2, 0) is 0 Å². The maximum absolute atomic E-state index is 13.2. The first-order chi connectivity index (χ1) is 8.74. The first-order valence-corrected chi connectivity index (χ1v) is 5.20. The van der Waals surface area contributed by atoms with E-state index in [1.165, 1.54) is 18.2 Å². The summed E-state index contributed by atoms with van der Waals surface area (Å²) in [6, 6.07) is 14.9. The lowest BCUT2D eigenvalue weighted by Crippen LogP contribution is -1.95. The molecule has 0 saturated heterocycles. The summed E-state index contributed by atoms with van der Waals surface area (Å²) in [4.78, 5) is 0. The molecular formula is C14H8FN3. The Kier molecular flexibility index (Phi) is 3.22. The topological polar surface area (TPSA) is 59.6 Å². The van der Waals surface area contributed by atoms with Crippen LogP contribution in [0, 0.1) is 28.5 Å². The average Bonchev–Trinajstić information content (AvgIpc) is 2.41. The number of para-hydroxylation sites is 1. The van der Waals surface area contributed by atoms with E-state index in [4.69, 9.17) is 10.5 Å². The Morgan fingerprint density at radius 1 is 0.944 bits per heavy atom. The van der Waals surface area contributed by atoms with Crippen molar-refractivity contribution in [2.45, 2.75) is 0 Å². The van der Waals surface area contributed by atoms with Crippen molar-refractivity contribution in [3.63, 3.8) is 0 Å². The van der Waals surface area contributed by atoms with Gasteiger partial charge in [0.15, 0.2) is 0 Å². The van der Waals surface area contributed by atoms with Crippen molar-refractivity contribution in [3.8, 4) is 12.1 Å². The van der Waals surface area contributed by atoms with Gasteiger partial charge in [-0.15, -0.1) is 0 Å². The van der Waals surface area contributed by atoms with Crippen LogP contribution in [0.25, 0.3) is 0 Å². The van der Waals surface area contributed by atoms with Crippen molar-refractivity contribution in [2.24, 2.45) is 0 Å². The largest absolute Gasteiger partial charge is 0.354 e. The fraction of sp³-hybridized carbons (Fsp3) is 0. The molecule has 4 heteroatoms. The lowest BCUT2D eigenvalue weighted by molar-refractivity contribution is 0.624. The molecule has 18 heavy (non-hydrogen) atoms. The Morgan fingerprint density at radius 3 is 2.39 bits per heavy atom. The van der Waals surface area contributed by atoms with Gasteiger partial charge in [0.05, 0.1) is 16.8 Å². The summed E-state index contributed by atoms with van der Waals surface area (Å²) in [6.45, 7) is 0. The number of benzene rings is 2. The van der Waals surface area contributed by atoms with Crippen LogP contribution in [-0.4, -0.2) is 0 Å². The molecule has 2 aromatic rings. The number of nitriles is 2. The van der Waals surface area contributed by atoms with Crippen molar-refractivity contribution >= 4 is 11.4 Å². The lowest BCUT2D eigenvalue weighted by atomic mass is 10.1. The van der Waals surface area contributed by atoms with Crippen molar-refractivity contribution in [3.05, 3.63) is 59.4 Å². The maximum Gasteiger partial charge on any atom is 0.141 e. The van der Waals surface area contributed by atoms with E-state index in [0.29, 0.717) is 16.9 Å². The molecule has 0 aliphatic carbocycles. The third-order valence-electron chi connectivity index (χ3n) is 2.41. The van der Waals surface area contributed by atoms with Crippen molar-refractivity contribution in [1.82, 2.24) is 0 Å². The van der Waals surface area contributed by atoms with E-state index in [1.54, 1.807) is 30.3 Å². The van der Waals surface area contributed by atoms with Gasteiger partial charge >= 0.3 is 0 Å². The van der Waals surface area contributed by atoms with E-state index in [0.717, 1.165) is 0 Å². The van der Waals surface area contributed by atoms with Crippen LogP contribution in [0.2, 0.25) is 0 Å². The van der Waals surface area contributed by atoms with Crippen LogP contribution in [0.3, 0.4) is 0 Å². The van der Waals surface area contributed by atoms with Crippen LogP contribution in [0.4, 0.5) is 15.8 Å². The van der Waals surface area contributed by atoms with Crippen LogP contribution >= 0.6 is 0 Å². The van der Waals surface area contributed by atoms with Crippen LogP contribution in [0.1, 0.15) is 11.1 Å². The minimum absolute atomic E-state index is 0.0329. The van der Waals surface area contributed by atoms with Gasteiger partial charge in [0, 0.05) is 5.69 Å². The van der Waals surface area contributed by atoms with Crippen LogP contribution < -0.4 is 5.32 Å². The third kappa shape index (κ3) is 2.28. The molecule has 0 saturated carbocycles. The third-order valence-corrected chi connectivity index (χ3v) is 2.41. The summed E-state index contributed by atoms with van der Waals surface area (Å²) in [5.74, 6) is -0.559. The molecule has 0 fully saturated rings. The fourth-order valence-electron chi connectivity index (χ4n) is 1.53. The molecule has 0 aliphatic heterocycles. The van der Waals surface area contributed by atoms with Gasteiger partial charge < -0.3 is 5.32 Å². The molecule has 0 spiro atoms. The van der Waals surface area contributed by atoms with Gasteiger partial charge in [0.25, 0.3) is 0 Å². The molecule has 0 aliphatic rings. The first-order valence-electron chi connectivity index (χ1n) is 5.20. The van der Waals surface area contributed by atoms with Gasteiger partial charge in [-0.3, -0.25) is 0 Å². The number of nitrogens with zero attached hydrogens (tertiary/aromatic N) is 2. The predicted octanol–water partition coefficient (Wildman–Crippen LogP) is 3.31. The first kappa shape index (κ1) is 11.6. The molecule has 3 nitrogen and oxygen atoms in total. The average molecular weight is 237 g/mol. The van der Waals surface area contributed by atoms with E-state index in [-0.39, 0.29) is 5.56 Å². The number of hydrogen-bond donors (Lipinski definition) is 1. The smallest absolute Gasteiger partial charge is 0.141 e. The van der Waals surface area contributed by atoms with E-state index in [2.05, 4.69) is 11.4 Å². The minimum atomic E-state index is -0.559. The molecule has 86 valence electrons. The Hall–Kier alpha value is -2.85. The SMILES string of the molecule is N#Cc1cc(Nc2ccccc2C#N)ccc1F. The van der Waals surface area contributed by atoms with Crippen LogP contribution in [0.5, 0.6) is 0 Å². The number of nitrogens with one attached hydrogen (secondary N) is 1. The maximum atomic E-state index is 13.2. The number of rotatable bonds is 2. The molecule has 1 N–H and O–H groups in total. The summed E-state index contributed by atoms with van der Waals surface area (Å²) >= 11 is 0. The predicted molar refractivity (Wildman–Crippen MR) is 65.6 cm³/mol. The quantitative estimate of drug-likeness (QED) is 0.871. The zero-order chi connectivity index (χ0) is 13.0. The van der Waals surface area contributed by atoms with E-state index < -0.39 is 5.82 Å².